The SMILES string of the molecule is CC/C=C\C/C=C\C/C=C\C/C=C\C/C=C\C/C=C\C/C=C\CCCCCCCCCC(=O)OC(COC(=O)CCCCCC/C=C\C/C=C\C/C=C\C/C=C\C/C=C\C/C=C\CC)COP(=O)([O-])OCC[N+](C)(C)C. The summed E-state index contributed by atoms with van der Waals surface area (Å²) in [5.41, 5.74) is 0. The summed E-state index contributed by atoms with van der Waals surface area (Å²) in [6, 6.07) is 0. The van der Waals surface area contributed by atoms with Gasteiger partial charge in [0.1, 0.15) is 19.8 Å². The molecule has 0 N–H and O–H groups in total. The molecule has 9 nitrogen and oxygen atoms in total. The molecule has 0 radical (unpaired) electrons. The number of hydrogen-bond donors (Lipinski definition) is 0. The summed E-state index contributed by atoms with van der Waals surface area (Å²) in [5.74, 6) is -0.890. The molecule has 0 aromatic heterocycles. The standard InChI is InChI=1S/C66H106NO8P/c1-6-8-10-12-14-16-18-20-22-24-26-28-30-31-32-33-34-35-37-39-41-43-45-47-49-51-53-55-57-59-66(69)75-64(63-74-76(70,71)73-61-60-67(3,4)5)62-72-65(68)58-56-54-52-50-48-46-44-42-40-38-36-29-27-25-23-21-19-17-15-13-11-9-7-2/h8-11,14-17,20-23,26-29,31-32,34-35,38-41,44,46,64H,6-7,12-13,18-19,24-25,30,33,36-37,42-43,45,47-63H2,1-5H3/b10-8-,11-9-,16-14-,17-15-,22-20-,23-21-,28-26-,29-27-,32-31-,35-34-,40-38-,41-39-,46-44-. The number of nitrogens with zero attached hydrogens (tertiary/aromatic N) is 1. The third kappa shape index (κ3) is 58.9. The minimum atomic E-state index is -4.66. The number of rotatable bonds is 51. The van der Waals surface area contributed by atoms with Crippen LogP contribution in [0.3, 0.4) is 0 Å². The van der Waals surface area contributed by atoms with E-state index in [1.54, 1.807) is 0 Å². The molecule has 0 aliphatic rings. The second kappa shape index (κ2) is 55.4. The molecule has 0 heterocycles. The van der Waals surface area contributed by atoms with Gasteiger partial charge in [0.15, 0.2) is 6.10 Å². The van der Waals surface area contributed by atoms with Gasteiger partial charge in [-0.1, -0.05) is 217 Å². The Bertz CT molecular complexity index is 1840. The molecular weight excluding hydrogens is 966 g/mol. The molecule has 428 valence electrons. The van der Waals surface area contributed by atoms with Gasteiger partial charge in [-0.3, -0.25) is 14.2 Å². The normalized spacial score (nSPS) is 14.4. The van der Waals surface area contributed by atoms with E-state index in [1.807, 2.05) is 21.1 Å². The van der Waals surface area contributed by atoms with Gasteiger partial charge >= 0.3 is 11.9 Å². The zero-order chi connectivity index (χ0) is 55.6. The van der Waals surface area contributed by atoms with Crippen molar-refractivity contribution in [3.8, 4) is 0 Å². The maximum Gasteiger partial charge on any atom is 0.306 e. The molecule has 0 rings (SSSR count). The molecule has 2 unspecified atom stereocenters. The maximum absolute atomic E-state index is 12.8. The highest BCUT2D eigenvalue weighted by molar-refractivity contribution is 7.45. The van der Waals surface area contributed by atoms with Crippen molar-refractivity contribution in [3.05, 3.63) is 158 Å². The number of allylic oxidation sites excluding steroid dienone is 26. The molecule has 0 spiro atoms. The molecule has 0 fully saturated rings. The maximum atomic E-state index is 12.8. The van der Waals surface area contributed by atoms with Gasteiger partial charge in [-0.05, 0) is 122 Å². The Morgan fingerprint density at radius 1 is 0.408 bits per heavy atom. The lowest BCUT2D eigenvalue weighted by molar-refractivity contribution is -0.870. The predicted octanol–water partition coefficient (Wildman–Crippen LogP) is 17.8. The monoisotopic (exact) mass is 1070 g/mol. The molecule has 10 heteroatoms. The fourth-order valence-electron chi connectivity index (χ4n) is 7.11. The fourth-order valence-corrected chi connectivity index (χ4v) is 7.84. The summed E-state index contributed by atoms with van der Waals surface area (Å²) in [7, 11) is 1.11. The molecule has 0 saturated carbocycles. The lowest BCUT2D eigenvalue weighted by Gasteiger charge is -2.28. The first kappa shape index (κ1) is 71.6. The molecule has 2 atom stereocenters. The minimum Gasteiger partial charge on any atom is -0.756 e. The summed E-state index contributed by atoms with van der Waals surface area (Å²) in [5, 5.41) is 0. The van der Waals surface area contributed by atoms with Crippen molar-refractivity contribution in [2.45, 2.75) is 200 Å². The van der Waals surface area contributed by atoms with Crippen LogP contribution in [0.4, 0.5) is 0 Å². The summed E-state index contributed by atoms with van der Waals surface area (Å²) < 4.78 is 34.1. The molecular formula is C66H106NO8P. The molecule has 0 aliphatic heterocycles. The number of hydrogen-bond acceptors (Lipinski definition) is 8. The lowest BCUT2D eigenvalue weighted by atomic mass is 10.1. The van der Waals surface area contributed by atoms with Crippen molar-refractivity contribution in [1.82, 2.24) is 0 Å². The van der Waals surface area contributed by atoms with Crippen molar-refractivity contribution in [2.75, 3.05) is 47.5 Å². The Balaban J connectivity index is 4.31. The van der Waals surface area contributed by atoms with E-state index in [0.29, 0.717) is 23.9 Å². The highest BCUT2D eigenvalue weighted by Gasteiger charge is 2.21. The number of likely N-dealkylation sites (N-methyl/N-ethyl adjacent to an activating group) is 1. The summed E-state index contributed by atoms with van der Waals surface area (Å²) in [4.78, 5) is 37.9. The van der Waals surface area contributed by atoms with Gasteiger partial charge in [0.2, 0.25) is 0 Å². The number of ether oxygens (including phenoxy) is 2. The van der Waals surface area contributed by atoms with Crippen LogP contribution in [0.15, 0.2) is 158 Å². The van der Waals surface area contributed by atoms with Gasteiger partial charge in [-0.25, -0.2) is 0 Å². The number of phosphoric acid groups is 1. The number of quaternary nitrogens is 1. The predicted molar refractivity (Wildman–Crippen MR) is 323 cm³/mol. The van der Waals surface area contributed by atoms with Crippen LogP contribution in [0.1, 0.15) is 194 Å². The van der Waals surface area contributed by atoms with E-state index in [2.05, 4.69) is 172 Å². The number of unbranched alkanes of at least 4 members (excludes halogenated alkanes) is 11. The third-order valence-corrected chi connectivity index (χ3v) is 12.5. The highest BCUT2D eigenvalue weighted by Crippen LogP contribution is 2.38. The van der Waals surface area contributed by atoms with E-state index >= 15 is 0 Å². The first-order valence-corrected chi connectivity index (χ1v) is 30.7. The van der Waals surface area contributed by atoms with Crippen molar-refractivity contribution in [1.29, 1.82) is 0 Å². The quantitative estimate of drug-likeness (QED) is 0.0195. The summed E-state index contributed by atoms with van der Waals surface area (Å²) >= 11 is 0. The lowest BCUT2D eigenvalue weighted by Crippen LogP contribution is -2.37. The highest BCUT2D eigenvalue weighted by atomic mass is 31.2. The van der Waals surface area contributed by atoms with Crippen LogP contribution in [-0.2, 0) is 32.7 Å². The molecule has 76 heavy (non-hydrogen) atoms. The van der Waals surface area contributed by atoms with E-state index in [0.717, 1.165) is 141 Å². The molecule has 0 saturated heterocycles. The molecule has 0 aliphatic carbocycles. The Hall–Kier alpha value is -4.37. The van der Waals surface area contributed by atoms with Crippen LogP contribution < -0.4 is 4.89 Å². The van der Waals surface area contributed by atoms with Gasteiger partial charge in [0.25, 0.3) is 7.82 Å². The van der Waals surface area contributed by atoms with E-state index in [-0.39, 0.29) is 26.1 Å². The zero-order valence-electron chi connectivity index (χ0n) is 48.4. The van der Waals surface area contributed by atoms with Crippen LogP contribution >= 0.6 is 7.82 Å². The number of carbonyl (C=O) groups excluding carboxylic acids is 2. The Kier molecular flexibility index (Phi) is 52.2. The second-order valence-corrected chi connectivity index (χ2v) is 21.3. The number of carbonyl (C=O) groups is 2. The van der Waals surface area contributed by atoms with Crippen LogP contribution in [0.25, 0.3) is 0 Å². The van der Waals surface area contributed by atoms with Crippen LogP contribution in [0, 0.1) is 0 Å². The Morgan fingerprint density at radius 3 is 1.05 bits per heavy atom. The van der Waals surface area contributed by atoms with E-state index in [1.165, 1.54) is 12.8 Å². The summed E-state index contributed by atoms with van der Waals surface area (Å²) in [6.45, 7) is 3.94. The number of esters is 2. The van der Waals surface area contributed by atoms with Gasteiger partial charge < -0.3 is 27.9 Å². The molecule has 0 amide bonds. The first-order chi connectivity index (χ1) is 37.0. The van der Waals surface area contributed by atoms with E-state index in [4.69, 9.17) is 18.5 Å². The van der Waals surface area contributed by atoms with E-state index in [9.17, 15) is 19.0 Å². The van der Waals surface area contributed by atoms with Crippen LogP contribution in [0.5, 0.6) is 0 Å². The smallest absolute Gasteiger partial charge is 0.306 e. The topological polar surface area (TPSA) is 111 Å². The minimum absolute atomic E-state index is 0.0477. The Labute approximate surface area is 465 Å². The average Bonchev–Trinajstić information content (AvgIpc) is 3.38. The number of phosphoric ester groups is 1. The van der Waals surface area contributed by atoms with Gasteiger partial charge in [0.05, 0.1) is 27.7 Å². The largest absolute Gasteiger partial charge is 0.756 e. The zero-order valence-corrected chi connectivity index (χ0v) is 49.3. The first-order valence-electron chi connectivity index (χ1n) is 29.2. The van der Waals surface area contributed by atoms with Gasteiger partial charge in [0, 0.05) is 12.8 Å². The fraction of sp³-hybridized carbons (Fsp3) is 0.576. The van der Waals surface area contributed by atoms with Gasteiger partial charge in [-0.2, -0.15) is 0 Å². The van der Waals surface area contributed by atoms with Crippen molar-refractivity contribution in [3.63, 3.8) is 0 Å². The van der Waals surface area contributed by atoms with E-state index < -0.39 is 32.5 Å². The van der Waals surface area contributed by atoms with Crippen LogP contribution in [-0.4, -0.2) is 70.0 Å². The van der Waals surface area contributed by atoms with Crippen molar-refractivity contribution < 1.29 is 42.1 Å². The molecule has 0 bridgehead atoms. The van der Waals surface area contributed by atoms with Crippen molar-refractivity contribution >= 4 is 19.8 Å². The average molecular weight is 1070 g/mol. The second-order valence-electron chi connectivity index (χ2n) is 19.9. The Morgan fingerprint density at radius 2 is 0.711 bits per heavy atom. The molecule has 0 aromatic carbocycles. The summed E-state index contributed by atoms with van der Waals surface area (Å²) in [6.07, 6.45) is 82.8. The van der Waals surface area contributed by atoms with Gasteiger partial charge in [-0.15, -0.1) is 0 Å². The molecule has 0 aromatic rings. The third-order valence-electron chi connectivity index (χ3n) is 11.5. The van der Waals surface area contributed by atoms with Crippen molar-refractivity contribution in [2.24, 2.45) is 0 Å². The van der Waals surface area contributed by atoms with Crippen LogP contribution in [0.2, 0.25) is 0 Å².